The number of ether oxygens (including phenoxy) is 3. The van der Waals surface area contributed by atoms with E-state index < -0.39 is 6.10 Å². The zero-order valence-corrected chi connectivity index (χ0v) is 12.2. The van der Waals surface area contributed by atoms with Gasteiger partial charge < -0.3 is 14.2 Å². The summed E-state index contributed by atoms with van der Waals surface area (Å²) in [5.74, 6) is 1.15. The average molecular weight is 279 g/mol. The van der Waals surface area contributed by atoms with Gasteiger partial charge in [0, 0.05) is 19.2 Å². The molecule has 0 amide bonds. The van der Waals surface area contributed by atoms with Gasteiger partial charge in [-0.05, 0) is 18.7 Å². The number of hydrogen-bond donors (Lipinski definition) is 0. The number of morpholine rings is 1. The molecule has 1 aromatic carbocycles. The molecule has 0 radical (unpaired) electrons. The highest BCUT2D eigenvalue weighted by atomic mass is 16.5. The molecule has 1 fully saturated rings. The van der Waals surface area contributed by atoms with Crippen molar-refractivity contribution in [2.45, 2.75) is 13.0 Å². The fourth-order valence-corrected chi connectivity index (χ4v) is 2.32. The van der Waals surface area contributed by atoms with Gasteiger partial charge in [0.2, 0.25) is 0 Å². The minimum absolute atomic E-state index is 0.0392. The summed E-state index contributed by atoms with van der Waals surface area (Å²) in [5, 5.41) is 0. The van der Waals surface area contributed by atoms with E-state index in [1.54, 1.807) is 32.4 Å². The summed E-state index contributed by atoms with van der Waals surface area (Å²) in [7, 11) is 3.13. The van der Waals surface area contributed by atoms with E-state index in [2.05, 4.69) is 11.8 Å². The molecule has 20 heavy (non-hydrogen) atoms. The maximum Gasteiger partial charge on any atom is 0.196 e. The maximum atomic E-state index is 12.6. The Balaban J connectivity index is 2.19. The minimum atomic E-state index is -0.425. The van der Waals surface area contributed by atoms with Crippen LogP contribution in [0.3, 0.4) is 0 Å². The summed E-state index contributed by atoms with van der Waals surface area (Å²) < 4.78 is 16.0. The van der Waals surface area contributed by atoms with Gasteiger partial charge in [0.15, 0.2) is 5.78 Å². The van der Waals surface area contributed by atoms with Gasteiger partial charge in [0.05, 0.1) is 26.4 Å². The van der Waals surface area contributed by atoms with Crippen LogP contribution < -0.4 is 9.47 Å². The van der Waals surface area contributed by atoms with Gasteiger partial charge in [-0.1, -0.05) is 6.92 Å². The van der Waals surface area contributed by atoms with Crippen molar-refractivity contribution < 1.29 is 19.0 Å². The van der Waals surface area contributed by atoms with Crippen LogP contribution in [-0.2, 0) is 4.74 Å². The fourth-order valence-electron chi connectivity index (χ4n) is 2.32. The lowest BCUT2D eigenvalue weighted by Gasteiger charge is -2.31. The van der Waals surface area contributed by atoms with Crippen LogP contribution in [0.4, 0.5) is 0 Å². The third-order valence-corrected chi connectivity index (χ3v) is 3.56. The molecular formula is C15H21NO4. The first-order valence-corrected chi connectivity index (χ1v) is 6.79. The number of rotatable bonds is 5. The van der Waals surface area contributed by atoms with Crippen LogP contribution in [0.2, 0.25) is 0 Å². The minimum Gasteiger partial charge on any atom is -0.497 e. The molecule has 0 saturated carbocycles. The van der Waals surface area contributed by atoms with Crippen LogP contribution in [0, 0.1) is 0 Å². The Morgan fingerprint density at radius 1 is 1.40 bits per heavy atom. The van der Waals surface area contributed by atoms with Crippen LogP contribution in [0.15, 0.2) is 18.2 Å². The predicted octanol–water partition coefficient (Wildman–Crippen LogP) is 1.61. The van der Waals surface area contributed by atoms with Crippen molar-refractivity contribution in [2.75, 3.05) is 40.5 Å². The highest BCUT2D eigenvalue weighted by Crippen LogP contribution is 2.26. The summed E-state index contributed by atoms with van der Waals surface area (Å²) in [5.41, 5.74) is 0.538. The number of ketones is 1. The Kier molecular flexibility index (Phi) is 4.98. The molecule has 0 aliphatic carbocycles. The summed E-state index contributed by atoms with van der Waals surface area (Å²) >= 11 is 0. The van der Waals surface area contributed by atoms with Gasteiger partial charge in [-0.3, -0.25) is 9.69 Å². The number of Topliss-reactive ketones (excluding diaryl/α,β-unsaturated/α-hetero) is 1. The SMILES string of the molecule is CCN1CCOC(C(=O)c2ccc(OC)cc2OC)C1. The van der Waals surface area contributed by atoms with Crippen LogP contribution in [0.5, 0.6) is 11.5 Å². The monoisotopic (exact) mass is 279 g/mol. The molecule has 1 aromatic rings. The van der Waals surface area contributed by atoms with E-state index in [-0.39, 0.29) is 5.78 Å². The molecule has 5 heteroatoms. The third-order valence-electron chi connectivity index (χ3n) is 3.56. The number of nitrogens with zero attached hydrogens (tertiary/aromatic N) is 1. The van der Waals surface area contributed by atoms with Gasteiger partial charge in [0.1, 0.15) is 17.6 Å². The summed E-state index contributed by atoms with van der Waals surface area (Å²) in [6.45, 7) is 5.10. The van der Waals surface area contributed by atoms with Gasteiger partial charge in [0.25, 0.3) is 0 Å². The first kappa shape index (κ1) is 14.8. The van der Waals surface area contributed by atoms with Crippen molar-refractivity contribution in [2.24, 2.45) is 0 Å². The molecule has 0 N–H and O–H groups in total. The predicted molar refractivity (Wildman–Crippen MR) is 75.7 cm³/mol. The van der Waals surface area contributed by atoms with Gasteiger partial charge in [-0.15, -0.1) is 0 Å². The molecule has 0 aromatic heterocycles. The van der Waals surface area contributed by atoms with Crippen LogP contribution >= 0.6 is 0 Å². The Morgan fingerprint density at radius 3 is 2.85 bits per heavy atom. The maximum absolute atomic E-state index is 12.6. The van der Waals surface area contributed by atoms with Gasteiger partial charge >= 0.3 is 0 Å². The number of benzene rings is 1. The van der Waals surface area contributed by atoms with Crippen molar-refractivity contribution in [3.63, 3.8) is 0 Å². The molecule has 1 atom stereocenters. The summed E-state index contributed by atoms with van der Waals surface area (Å²) in [6.07, 6.45) is -0.425. The third kappa shape index (κ3) is 3.11. The zero-order chi connectivity index (χ0) is 14.5. The molecule has 1 aliphatic rings. The van der Waals surface area contributed by atoms with Crippen molar-refractivity contribution in [3.8, 4) is 11.5 Å². The average Bonchev–Trinajstić information content (AvgIpc) is 2.53. The molecular weight excluding hydrogens is 258 g/mol. The Labute approximate surface area is 119 Å². The van der Waals surface area contributed by atoms with Crippen molar-refractivity contribution in [3.05, 3.63) is 23.8 Å². The number of carbonyl (C=O) groups excluding carboxylic acids is 1. The van der Waals surface area contributed by atoms with E-state index in [1.165, 1.54) is 0 Å². The highest BCUT2D eigenvalue weighted by Gasteiger charge is 2.28. The Bertz CT molecular complexity index is 475. The number of hydrogen-bond acceptors (Lipinski definition) is 5. The van der Waals surface area contributed by atoms with E-state index in [1.807, 2.05) is 0 Å². The number of likely N-dealkylation sites (N-methyl/N-ethyl adjacent to an activating group) is 1. The second-order valence-corrected chi connectivity index (χ2v) is 4.68. The molecule has 1 unspecified atom stereocenters. The lowest BCUT2D eigenvalue weighted by Crippen LogP contribution is -2.45. The lowest BCUT2D eigenvalue weighted by atomic mass is 10.0. The van der Waals surface area contributed by atoms with Crippen molar-refractivity contribution >= 4 is 5.78 Å². The van der Waals surface area contributed by atoms with Gasteiger partial charge in [-0.25, -0.2) is 0 Å². The number of carbonyl (C=O) groups is 1. The molecule has 1 heterocycles. The smallest absolute Gasteiger partial charge is 0.196 e. The Hall–Kier alpha value is -1.59. The zero-order valence-electron chi connectivity index (χ0n) is 12.2. The van der Waals surface area contributed by atoms with E-state index in [9.17, 15) is 4.79 Å². The second kappa shape index (κ2) is 6.72. The number of methoxy groups -OCH3 is 2. The lowest BCUT2D eigenvalue weighted by molar-refractivity contribution is -0.0149. The summed E-state index contributed by atoms with van der Waals surface area (Å²) in [4.78, 5) is 14.8. The van der Waals surface area contributed by atoms with Gasteiger partial charge in [-0.2, -0.15) is 0 Å². The first-order valence-electron chi connectivity index (χ1n) is 6.79. The molecule has 5 nitrogen and oxygen atoms in total. The molecule has 1 aliphatic heterocycles. The molecule has 0 spiro atoms. The van der Waals surface area contributed by atoms with E-state index in [0.29, 0.717) is 30.2 Å². The van der Waals surface area contributed by atoms with Crippen molar-refractivity contribution in [1.29, 1.82) is 0 Å². The van der Waals surface area contributed by atoms with Crippen LogP contribution in [-0.4, -0.2) is 57.2 Å². The molecule has 110 valence electrons. The van der Waals surface area contributed by atoms with E-state index in [4.69, 9.17) is 14.2 Å². The molecule has 2 rings (SSSR count). The van der Waals surface area contributed by atoms with Crippen LogP contribution in [0.25, 0.3) is 0 Å². The topological polar surface area (TPSA) is 48.0 Å². The largest absolute Gasteiger partial charge is 0.497 e. The van der Waals surface area contributed by atoms with E-state index >= 15 is 0 Å². The first-order chi connectivity index (χ1) is 9.69. The normalized spacial score (nSPS) is 19.6. The quantitative estimate of drug-likeness (QED) is 0.766. The standard InChI is InChI=1S/C15H21NO4/c1-4-16-7-8-20-14(10-16)15(17)12-6-5-11(18-2)9-13(12)19-3/h5-6,9,14H,4,7-8,10H2,1-3H3. The second-order valence-electron chi connectivity index (χ2n) is 4.68. The van der Waals surface area contributed by atoms with E-state index in [0.717, 1.165) is 13.1 Å². The highest BCUT2D eigenvalue weighted by molar-refractivity contribution is 6.02. The fraction of sp³-hybridized carbons (Fsp3) is 0.533. The Morgan fingerprint density at radius 2 is 2.20 bits per heavy atom. The molecule has 1 saturated heterocycles. The van der Waals surface area contributed by atoms with Crippen molar-refractivity contribution in [1.82, 2.24) is 4.90 Å². The summed E-state index contributed by atoms with van der Waals surface area (Å²) in [6, 6.07) is 5.21. The molecule has 0 bridgehead atoms. The van der Waals surface area contributed by atoms with Crippen LogP contribution in [0.1, 0.15) is 17.3 Å².